The molecular weight excluding hydrogens is 236 g/mol. The van der Waals surface area contributed by atoms with Crippen molar-refractivity contribution < 1.29 is 14.7 Å². The van der Waals surface area contributed by atoms with Crippen LogP contribution in [0.1, 0.15) is 24.2 Å². The van der Waals surface area contributed by atoms with Crippen LogP contribution in [0.25, 0.3) is 0 Å². The highest BCUT2D eigenvalue weighted by atomic mass is 16.4. The SMILES string of the molecule is CC(C)N(CC(N)=O)c1ncc(N)cc1C(=O)O. The maximum absolute atomic E-state index is 11.1. The van der Waals surface area contributed by atoms with Crippen LogP contribution in [-0.4, -0.2) is 34.6 Å². The number of carbonyl (C=O) groups excluding carboxylic acids is 1. The van der Waals surface area contributed by atoms with Gasteiger partial charge >= 0.3 is 5.97 Å². The van der Waals surface area contributed by atoms with Crippen molar-refractivity contribution in [2.24, 2.45) is 5.73 Å². The lowest BCUT2D eigenvalue weighted by atomic mass is 10.2. The second-order valence-electron chi connectivity index (χ2n) is 4.13. The summed E-state index contributed by atoms with van der Waals surface area (Å²) < 4.78 is 0. The summed E-state index contributed by atoms with van der Waals surface area (Å²) in [5.41, 5.74) is 10.8. The average Bonchev–Trinajstić information content (AvgIpc) is 2.25. The largest absolute Gasteiger partial charge is 0.478 e. The van der Waals surface area contributed by atoms with E-state index in [1.165, 1.54) is 17.2 Å². The Morgan fingerprint density at radius 3 is 2.56 bits per heavy atom. The first-order chi connectivity index (χ1) is 8.32. The van der Waals surface area contributed by atoms with E-state index in [0.717, 1.165) is 0 Å². The van der Waals surface area contributed by atoms with E-state index in [0.29, 0.717) is 0 Å². The molecule has 1 amide bonds. The molecule has 7 nitrogen and oxygen atoms in total. The van der Waals surface area contributed by atoms with Crippen molar-refractivity contribution in [3.8, 4) is 0 Å². The van der Waals surface area contributed by atoms with Crippen molar-refractivity contribution in [1.29, 1.82) is 0 Å². The monoisotopic (exact) mass is 252 g/mol. The van der Waals surface area contributed by atoms with Crippen molar-refractivity contribution in [2.45, 2.75) is 19.9 Å². The van der Waals surface area contributed by atoms with Gasteiger partial charge in [0.1, 0.15) is 11.4 Å². The number of amides is 1. The number of primary amides is 1. The van der Waals surface area contributed by atoms with E-state index in [2.05, 4.69) is 4.98 Å². The van der Waals surface area contributed by atoms with Crippen LogP contribution < -0.4 is 16.4 Å². The summed E-state index contributed by atoms with van der Waals surface area (Å²) in [4.78, 5) is 27.7. The van der Waals surface area contributed by atoms with Crippen molar-refractivity contribution >= 4 is 23.4 Å². The predicted octanol–water partition coefficient (Wildman–Crippen LogP) is 0.0621. The van der Waals surface area contributed by atoms with Crippen LogP contribution in [0, 0.1) is 0 Å². The normalized spacial score (nSPS) is 10.4. The first-order valence-electron chi connectivity index (χ1n) is 5.36. The van der Waals surface area contributed by atoms with Gasteiger partial charge in [-0.1, -0.05) is 0 Å². The number of carboxylic acids is 1. The maximum Gasteiger partial charge on any atom is 0.339 e. The molecule has 0 spiro atoms. The van der Waals surface area contributed by atoms with Crippen LogP contribution in [0.5, 0.6) is 0 Å². The summed E-state index contributed by atoms with van der Waals surface area (Å²) in [5.74, 6) is -1.52. The molecule has 1 heterocycles. The van der Waals surface area contributed by atoms with Gasteiger partial charge in [0.2, 0.25) is 5.91 Å². The Kier molecular flexibility index (Phi) is 4.09. The van der Waals surface area contributed by atoms with Gasteiger partial charge in [-0.2, -0.15) is 0 Å². The zero-order chi connectivity index (χ0) is 13.9. The molecule has 0 aromatic carbocycles. The first-order valence-corrected chi connectivity index (χ1v) is 5.36. The second kappa shape index (κ2) is 5.35. The van der Waals surface area contributed by atoms with Gasteiger partial charge in [0, 0.05) is 6.04 Å². The highest BCUT2D eigenvalue weighted by Gasteiger charge is 2.21. The zero-order valence-electron chi connectivity index (χ0n) is 10.3. The van der Waals surface area contributed by atoms with Gasteiger partial charge in [0.05, 0.1) is 18.4 Å². The molecule has 0 aliphatic carbocycles. The fourth-order valence-corrected chi connectivity index (χ4v) is 1.53. The molecule has 0 fully saturated rings. The number of nitrogen functional groups attached to an aromatic ring is 1. The molecule has 98 valence electrons. The van der Waals surface area contributed by atoms with E-state index in [1.54, 1.807) is 0 Å². The molecular formula is C11H16N4O3. The number of hydrogen-bond acceptors (Lipinski definition) is 5. The number of rotatable bonds is 5. The van der Waals surface area contributed by atoms with E-state index in [1.807, 2.05) is 13.8 Å². The number of aromatic nitrogens is 1. The summed E-state index contributed by atoms with van der Waals surface area (Å²) in [6, 6.07) is 1.19. The van der Waals surface area contributed by atoms with E-state index in [4.69, 9.17) is 16.6 Å². The summed E-state index contributed by atoms with van der Waals surface area (Å²) >= 11 is 0. The molecule has 1 aromatic rings. The summed E-state index contributed by atoms with van der Waals surface area (Å²) in [5, 5.41) is 9.12. The lowest BCUT2D eigenvalue weighted by Gasteiger charge is -2.27. The zero-order valence-corrected chi connectivity index (χ0v) is 10.3. The van der Waals surface area contributed by atoms with E-state index in [9.17, 15) is 9.59 Å². The number of nitrogens with zero attached hydrogens (tertiary/aromatic N) is 2. The summed E-state index contributed by atoms with van der Waals surface area (Å²) in [6.45, 7) is 3.52. The highest BCUT2D eigenvalue weighted by Crippen LogP contribution is 2.21. The summed E-state index contributed by atoms with van der Waals surface area (Å²) in [6.07, 6.45) is 1.35. The van der Waals surface area contributed by atoms with Gasteiger partial charge in [-0.15, -0.1) is 0 Å². The molecule has 0 bridgehead atoms. The van der Waals surface area contributed by atoms with Crippen molar-refractivity contribution in [2.75, 3.05) is 17.2 Å². The molecule has 1 rings (SSSR count). The van der Waals surface area contributed by atoms with Gasteiger partial charge in [0.15, 0.2) is 0 Å². The number of anilines is 2. The number of carbonyl (C=O) groups is 2. The van der Waals surface area contributed by atoms with Gasteiger partial charge in [-0.05, 0) is 19.9 Å². The number of pyridine rings is 1. The molecule has 0 unspecified atom stereocenters. The van der Waals surface area contributed by atoms with Crippen LogP contribution in [-0.2, 0) is 4.79 Å². The Morgan fingerprint density at radius 1 is 1.50 bits per heavy atom. The van der Waals surface area contributed by atoms with Crippen molar-refractivity contribution in [3.05, 3.63) is 17.8 Å². The van der Waals surface area contributed by atoms with E-state index < -0.39 is 11.9 Å². The van der Waals surface area contributed by atoms with E-state index in [-0.39, 0.29) is 29.7 Å². The van der Waals surface area contributed by atoms with Crippen LogP contribution in [0.2, 0.25) is 0 Å². The fourth-order valence-electron chi connectivity index (χ4n) is 1.53. The molecule has 0 saturated heterocycles. The van der Waals surface area contributed by atoms with Gasteiger partial charge in [-0.3, -0.25) is 4.79 Å². The van der Waals surface area contributed by atoms with Crippen LogP contribution >= 0.6 is 0 Å². The number of hydrogen-bond donors (Lipinski definition) is 3. The highest BCUT2D eigenvalue weighted by molar-refractivity contribution is 5.95. The Morgan fingerprint density at radius 2 is 2.11 bits per heavy atom. The second-order valence-corrected chi connectivity index (χ2v) is 4.13. The smallest absolute Gasteiger partial charge is 0.339 e. The molecule has 7 heteroatoms. The number of aromatic carboxylic acids is 1. The van der Waals surface area contributed by atoms with Crippen molar-refractivity contribution in [1.82, 2.24) is 4.98 Å². The average molecular weight is 252 g/mol. The molecule has 0 atom stereocenters. The molecule has 1 aromatic heterocycles. The van der Waals surface area contributed by atoms with Crippen LogP contribution in [0.3, 0.4) is 0 Å². The molecule has 18 heavy (non-hydrogen) atoms. The lowest BCUT2D eigenvalue weighted by molar-refractivity contribution is -0.116. The maximum atomic E-state index is 11.1. The fraction of sp³-hybridized carbons (Fsp3) is 0.364. The predicted molar refractivity (Wildman–Crippen MR) is 67.3 cm³/mol. The topological polar surface area (TPSA) is 123 Å². The van der Waals surface area contributed by atoms with Gasteiger partial charge < -0.3 is 21.5 Å². The minimum atomic E-state index is -1.15. The Hall–Kier alpha value is -2.31. The number of nitrogens with two attached hydrogens (primary N) is 2. The minimum Gasteiger partial charge on any atom is -0.478 e. The number of carboxylic acid groups (broad SMARTS) is 1. The van der Waals surface area contributed by atoms with Crippen LogP contribution in [0.15, 0.2) is 12.3 Å². The van der Waals surface area contributed by atoms with Crippen LogP contribution in [0.4, 0.5) is 11.5 Å². The Balaban J connectivity index is 3.27. The van der Waals surface area contributed by atoms with Gasteiger partial charge in [0.25, 0.3) is 0 Å². The van der Waals surface area contributed by atoms with Gasteiger partial charge in [-0.25, -0.2) is 9.78 Å². The molecule has 0 aliphatic rings. The lowest BCUT2D eigenvalue weighted by Crippen LogP contribution is -2.40. The Labute approximate surface area is 104 Å². The standard InChI is InChI=1S/C11H16N4O3/c1-6(2)15(5-9(13)16)10-8(11(17)18)3-7(12)4-14-10/h3-4,6H,5,12H2,1-2H3,(H2,13,16)(H,17,18). The molecule has 0 aliphatic heterocycles. The minimum absolute atomic E-state index is 0.0510. The molecule has 0 radical (unpaired) electrons. The third kappa shape index (κ3) is 3.09. The first kappa shape index (κ1) is 13.8. The van der Waals surface area contributed by atoms with Crippen molar-refractivity contribution in [3.63, 3.8) is 0 Å². The summed E-state index contributed by atoms with van der Waals surface area (Å²) in [7, 11) is 0. The van der Waals surface area contributed by atoms with E-state index >= 15 is 0 Å². The Bertz CT molecular complexity index is 473. The quantitative estimate of drug-likeness (QED) is 0.681. The third-order valence-corrected chi connectivity index (χ3v) is 2.34. The third-order valence-electron chi connectivity index (χ3n) is 2.34. The molecule has 0 saturated carbocycles. The molecule has 5 N–H and O–H groups in total.